The minimum Gasteiger partial charge on any atom is -0.380 e. The number of halogens is 1. The number of carbonyl (C=O) groups excluding carboxylic acids is 1. The molecule has 0 radical (unpaired) electrons. The number of carbonyl (C=O) groups is 1. The van der Waals surface area contributed by atoms with Crippen molar-refractivity contribution in [2.75, 3.05) is 5.32 Å². The lowest BCUT2D eigenvalue weighted by Crippen LogP contribution is -2.58. The van der Waals surface area contributed by atoms with Gasteiger partial charge in [-0.1, -0.05) is 20.8 Å². The topological polar surface area (TPSA) is 93.8 Å². The van der Waals surface area contributed by atoms with Gasteiger partial charge in [0.2, 0.25) is 5.91 Å². The van der Waals surface area contributed by atoms with Crippen molar-refractivity contribution in [3.8, 4) is 0 Å². The summed E-state index contributed by atoms with van der Waals surface area (Å²) in [5.41, 5.74) is 1.55. The summed E-state index contributed by atoms with van der Waals surface area (Å²) in [6.07, 6.45) is 7.56. The minimum absolute atomic E-state index is 0.136. The number of rotatable bonds is 6. The largest absolute Gasteiger partial charge is 0.380 e. The van der Waals surface area contributed by atoms with E-state index in [4.69, 9.17) is 0 Å². The molecule has 3 fully saturated rings. The summed E-state index contributed by atoms with van der Waals surface area (Å²) in [7, 11) is 1.87. The summed E-state index contributed by atoms with van der Waals surface area (Å²) >= 11 is 3.41. The molecule has 2 bridgehead atoms. The highest BCUT2D eigenvalue weighted by molar-refractivity contribution is 9.10. The van der Waals surface area contributed by atoms with Crippen molar-refractivity contribution < 1.29 is 4.79 Å². The van der Waals surface area contributed by atoms with Crippen LogP contribution < -0.4 is 16.2 Å². The Hall–Kier alpha value is -2.16. The summed E-state index contributed by atoms with van der Waals surface area (Å²) in [6.45, 7) is 7.22. The molecule has 4 atom stereocenters. The van der Waals surface area contributed by atoms with Crippen LogP contribution in [0.15, 0.2) is 28.0 Å². The van der Waals surface area contributed by atoms with Crippen molar-refractivity contribution in [1.29, 1.82) is 0 Å². The number of fused-ring (bicyclic) bond motifs is 2. The highest BCUT2D eigenvalue weighted by atomic mass is 79.9. The van der Waals surface area contributed by atoms with Gasteiger partial charge in [0.15, 0.2) is 0 Å². The Morgan fingerprint density at radius 3 is 2.77 bits per heavy atom. The van der Waals surface area contributed by atoms with Crippen LogP contribution in [0.5, 0.6) is 0 Å². The van der Waals surface area contributed by atoms with Crippen LogP contribution in [0.25, 0.3) is 0 Å². The number of amides is 1. The molecule has 5 rings (SSSR count). The zero-order valence-corrected chi connectivity index (χ0v) is 19.4. The molecule has 2 heterocycles. The maximum Gasteiger partial charge on any atom is 0.283 e. The molecule has 9 heteroatoms. The molecule has 0 saturated heterocycles. The standard InChI is InChI=1S/C21H29BrN6O2/c1-12-15-5-13(21(15,2)3)6-16(12)26-17-8-25-28(20(30)19(17)22)10-18(29)23-7-14-9-27(4)11-24-14/h8-9,11-13,15-16,26H,5-7,10H2,1-4H3,(H,23,29)/t12-,13-,15+,16-/m1/s1. The highest BCUT2D eigenvalue weighted by Crippen LogP contribution is 2.61. The third-order valence-corrected chi connectivity index (χ3v) is 7.96. The highest BCUT2D eigenvalue weighted by Gasteiger charge is 2.56. The van der Waals surface area contributed by atoms with E-state index < -0.39 is 0 Å². The first kappa shape index (κ1) is 21.1. The molecule has 3 aliphatic carbocycles. The van der Waals surface area contributed by atoms with Gasteiger partial charge < -0.3 is 15.2 Å². The fourth-order valence-corrected chi connectivity index (χ4v) is 5.58. The molecule has 30 heavy (non-hydrogen) atoms. The molecule has 1 amide bonds. The second-order valence-corrected chi connectivity index (χ2v) is 10.1. The first-order valence-electron chi connectivity index (χ1n) is 10.4. The van der Waals surface area contributed by atoms with E-state index in [0.717, 1.165) is 18.0 Å². The molecular formula is C21H29BrN6O2. The average Bonchev–Trinajstić information content (AvgIpc) is 3.12. The van der Waals surface area contributed by atoms with Gasteiger partial charge in [0.1, 0.15) is 11.0 Å². The van der Waals surface area contributed by atoms with Crippen molar-refractivity contribution in [2.45, 2.75) is 52.7 Å². The number of aryl methyl sites for hydroxylation is 1. The van der Waals surface area contributed by atoms with E-state index >= 15 is 0 Å². The van der Waals surface area contributed by atoms with E-state index in [1.54, 1.807) is 12.5 Å². The molecule has 0 aromatic carbocycles. The van der Waals surface area contributed by atoms with Gasteiger partial charge in [-0.2, -0.15) is 5.10 Å². The summed E-state index contributed by atoms with van der Waals surface area (Å²) in [5, 5.41) is 10.5. The number of aromatic nitrogens is 4. The average molecular weight is 477 g/mol. The molecular weight excluding hydrogens is 448 g/mol. The first-order valence-corrected chi connectivity index (χ1v) is 11.2. The van der Waals surface area contributed by atoms with Crippen molar-refractivity contribution >= 4 is 27.5 Å². The van der Waals surface area contributed by atoms with Gasteiger partial charge >= 0.3 is 0 Å². The van der Waals surface area contributed by atoms with E-state index in [1.165, 1.54) is 11.1 Å². The lowest BCUT2D eigenvalue weighted by atomic mass is 9.45. The molecule has 2 N–H and O–H groups in total. The Kier molecular flexibility index (Phi) is 5.50. The van der Waals surface area contributed by atoms with Gasteiger partial charge in [0.05, 0.1) is 30.5 Å². The number of hydrogen-bond acceptors (Lipinski definition) is 5. The Balaban J connectivity index is 1.39. The quantitative estimate of drug-likeness (QED) is 0.667. The van der Waals surface area contributed by atoms with Crippen molar-refractivity contribution in [3.63, 3.8) is 0 Å². The van der Waals surface area contributed by atoms with Crippen molar-refractivity contribution in [3.05, 3.63) is 39.2 Å². The minimum atomic E-state index is -0.318. The maximum absolute atomic E-state index is 12.7. The van der Waals surface area contributed by atoms with Crippen LogP contribution in [0.4, 0.5) is 5.69 Å². The van der Waals surface area contributed by atoms with Gasteiger partial charge in [-0.3, -0.25) is 9.59 Å². The molecule has 2 aromatic heterocycles. The van der Waals surface area contributed by atoms with Crippen molar-refractivity contribution in [1.82, 2.24) is 24.6 Å². The van der Waals surface area contributed by atoms with Gasteiger partial charge in [0, 0.05) is 19.3 Å². The Morgan fingerprint density at radius 1 is 1.37 bits per heavy atom. The predicted octanol–water partition coefficient (Wildman–Crippen LogP) is 2.54. The first-order chi connectivity index (χ1) is 14.2. The molecule has 0 aliphatic heterocycles. The third-order valence-electron chi connectivity index (χ3n) is 7.20. The fourth-order valence-electron chi connectivity index (χ4n) is 5.16. The van der Waals surface area contributed by atoms with Crippen LogP contribution in [-0.2, 0) is 24.9 Å². The van der Waals surface area contributed by atoms with Crippen LogP contribution in [0.3, 0.4) is 0 Å². The summed E-state index contributed by atoms with van der Waals surface area (Å²) in [5.74, 6) is 1.69. The van der Waals surface area contributed by atoms with Gasteiger partial charge in [-0.15, -0.1) is 0 Å². The summed E-state index contributed by atoms with van der Waals surface area (Å²) in [4.78, 5) is 29.1. The van der Waals surface area contributed by atoms with Gasteiger partial charge in [-0.25, -0.2) is 9.67 Å². The molecule has 0 unspecified atom stereocenters. The van der Waals surface area contributed by atoms with Crippen LogP contribution in [0, 0.1) is 23.2 Å². The SMILES string of the molecule is C[C@H]1[C@H](Nc2cnn(CC(=O)NCc3cn(C)cn3)c(=O)c2Br)C[C@H]2C[C@@H]1C2(C)C. The number of nitrogens with zero attached hydrogens (tertiary/aromatic N) is 4. The molecule has 3 saturated carbocycles. The molecule has 8 nitrogen and oxygen atoms in total. The lowest BCUT2D eigenvalue weighted by Gasteiger charge is -2.62. The monoisotopic (exact) mass is 476 g/mol. The summed E-state index contributed by atoms with van der Waals surface area (Å²) in [6, 6.07) is 0.330. The zero-order valence-electron chi connectivity index (χ0n) is 17.9. The predicted molar refractivity (Wildman–Crippen MR) is 118 cm³/mol. The van der Waals surface area contributed by atoms with E-state index in [2.05, 4.69) is 57.4 Å². The van der Waals surface area contributed by atoms with E-state index in [0.29, 0.717) is 40.0 Å². The van der Waals surface area contributed by atoms with E-state index in [-0.39, 0.29) is 18.0 Å². The van der Waals surface area contributed by atoms with Gasteiger partial charge in [-0.05, 0) is 51.9 Å². The second-order valence-electron chi connectivity index (χ2n) is 9.35. The molecule has 2 aromatic rings. The van der Waals surface area contributed by atoms with Crippen LogP contribution in [0.1, 0.15) is 39.3 Å². The summed E-state index contributed by atoms with van der Waals surface area (Å²) < 4.78 is 3.41. The van der Waals surface area contributed by atoms with Crippen LogP contribution in [0.2, 0.25) is 0 Å². The number of imidazole rings is 1. The lowest BCUT2D eigenvalue weighted by molar-refractivity contribution is -0.122. The normalized spacial score (nSPS) is 26.7. The van der Waals surface area contributed by atoms with Crippen LogP contribution >= 0.6 is 15.9 Å². The molecule has 3 aliphatic rings. The smallest absolute Gasteiger partial charge is 0.283 e. The number of hydrogen-bond donors (Lipinski definition) is 2. The Labute approximate surface area is 184 Å². The van der Waals surface area contributed by atoms with Gasteiger partial charge in [0.25, 0.3) is 5.56 Å². The van der Waals surface area contributed by atoms with Crippen molar-refractivity contribution in [2.24, 2.45) is 30.2 Å². The van der Waals surface area contributed by atoms with Crippen LogP contribution in [-0.4, -0.2) is 31.3 Å². The van der Waals surface area contributed by atoms with E-state index in [9.17, 15) is 9.59 Å². The second kappa shape index (κ2) is 7.83. The Morgan fingerprint density at radius 2 is 2.13 bits per heavy atom. The molecule has 0 spiro atoms. The maximum atomic E-state index is 12.7. The number of nitrogens with one attached hydrogen (secondary N) is 2. The number of anilines is 1. The van der Waals surface area contributed by atoms with E-state index in [1.807, 2.05) is 17.8 Å². The zero-order chi connectivity index (χ0) is 21.6. The Bertz CT molecular complexity index is 1010. The third kappa shape index (κ3) is 3.79. The fraction of sp³-hybridized carbons (Fsp3) is 0.619. The molecule has 162 valence electrons.